The first-order valence-corrected chi connectivity index (χ1v) is 6.76. The summed E-state index contributed by atoms with van der Waals surface area (Å²) < 4.78 is 13.7. The van der Waals surface area contributed by atoms with E-state index in [1.54, 1.807) is 12.1 Å². The molecule has 2 aromatic carbocycles. The fourth-order valence-corrected chi connectivity index (χ4v) is 2.35. The summed E-state index contributed by atoms with van der Waals surface area (Å²) >= 11 is 0. The van der Waals surface area contributed by atoms with Crippen LogP contribution in [0.4, 0.5) is 4.39 Å². The second kappa shape index (κ2) is 6.06. The first-order chi connectivity index (χ1) is 9.49. The molecule has 1 unspecified atom stereocenters. The molecular weight excluding hydrogens is 253 g/mol. The summed E-state index contributed by atoms with van der Waals surface area (Å²) in [4.78, 5) is 0. The molecule has 2 rings (SSSR count). The lowest BCUT2D eigenvalue weighted by Gasteiger charge is -2.16. The highest BCUT2D eigenvalue weighted by molar-refractivity contribution is 5.42. The van der Waals surface area contributed by atoms with Gasteiger partial charge in [0.2, 0.25) is 0 Å². The molecule has 2 aromatic rings. The molecule has 0 saturated carbocycles. The quantitative estimate of drug-likeness (QED) is 0.882. The summed E-state index contributed by atoms with van der Waals surface area (Å²) in [5.41, 5.74) is 3.47. The second-order valence-electron chi connectivity index (χ2n) is 5.20. The van der Waals surface area contributed by atoms with Crippen LogP contribution in [0.15, 0.2) is 36.4 Å². The minimum absolute atomic E-state index is 0.0642. The minimum atomic E-state index is -0.189. The third kappa shape index (κ3) is 3.17. The van der Waals surface area contributed by atoms with Crippen molar-refractivity contribution in [1.82, 2.24) is 5.32 Å². The van der Waals surface area contributed by atoms with Gasteiger partial charge >= 0.3 is 0 Å². The number of benzene rings is 2. The van der Waals surface area contributed by atoms with Crippen LogP contribution in [0.25, 0.3) is 0 Å². The Balaban J connectivity index is 2.07. The molecule has 0 aliphatic rings. The summed E-state index contributed by atoms with van der Waals surface area (Å²) in [5.74, 6) is 0.154. The van der Waals surface area contributed by atoms with E-state index in [4.69, 9.17) is 0 Å². The molecule has 0 amide bonds. The Hall–Kier alpha value is -1.87. The second-order valence-corrected chi connectivity index (χ2v) is 5.20. The van der Waals surface area contributed by atoms with Gasteiger partial charge in [0.1, 0.15) is 11.6 Å². The topological polar surface area (TPSA) is 32.3 Å². The SMILES string of the molecule is Cc1cc(CNC(C)c2ccccc2F)cc(C)c1O. The van der Waals surface area contributed by atoms with E-state index in [0.29, 0.717) is 17.9 Å². The third-order valence-corrected chi connectivity index (χ3v) is 3.53. The van der Waals surface area contributed by atoms with Crippen LogP contribution in [0.3, 0.4) is 0 Å². The number of hydrogen-bond donors (Lipinski definition) is 2. The van der Waals surface area contributed by atoms with Gasteiger partial charge in [0.25, 0.3) is 0 Å². The highest BCUT2D eigenvalue weighted by Crippen LogP contribution is 2.23. The van der Waals surface area contributed by atoms with E-state index in [-0.39, 0.29) is 11.9 Å². The molecule has 0 bridgehead atoms. The molecule has 0 fully saturated rings. The van der Waals surface area contributed by atoms with Crippen LogP contribution >= 0.6 is 0 Å². The van der Waals surface area contributed by atoms with Crippen LogP contribution in [0.5, 0.6) is 5.75 Å². The molecule has 0 spiro atoms. The number of rotatable bonds is 4. The van der Waals surface area contributed by atoms with E-state index in [0.717, 1.165) is 16.7 Å². The third-order valence-electron chi connectivity index (χ3n) is 3.53. The highest BCUT2D eigenvalue weighted by atomic mass is 19.1. The Morgan fingerprint density at radius 1 is 1.15 bits per heavy atom. The van der Waals surface area contributed by atoms with E-state index in [1.807, 2.05) is 39.0 Å². The van der Waals surface area contributed by atoms with Crippen LogP contribution in [0.2, 0.25) is 0 Å². The maximum atomic E-state index is 13.7. The average molecular weight is 273 g/mol. The smallest absolute Gasteiger partial charge is 0.127 e. The molecular formula is C17H20FNO. The van der Waals surface area contributed by atoms with E-state index in [9.17, 15) is 9.50 Å². The van der Waals surface area contributed by atoms with Crippen LogP contribution in [-0.4, -0.2) is 5.11 Å². The first-order valence-electron chi connectivity index (χ1n) is 6.76. The first kappa shape index (κ1) is 14.5. The number of hydrogen-bond acceptors (Lipinski definition) is 2. The van der Waals surface area contributed by atoms with Gasteiger partial charge in [-0.25, -0.2) is 4.39 Å². The normalized spacial score (nSPS) is 12.4. The Morgan fingerprint density at radius 3 is 2.35 bits per heavy atom. The molecule has 0 radical (unpaired) electrons. The van der Waals surface area contributed by atoms with Gasteiger partial charge in [-0.1, -0.05) is 30.3 Å². The molecule has 3 heteroatoms. The standard InChI is InChI=1S/C17H20FNO/c1-11-8-14(9-12(2)17(11)20)10-19-13(3)15-6-4-5-7-16(15)18/h4-9,13,19-20H,10H2,1-3H3. The number of nitrogens with one attached hydrogen (secondary N) is 1. The van der Waals surface area contributed by atoms with E-state index >= 15 is 0 Å². The fourth-order valence-electron chi connectivity index (χ4n) is 2.35. The van der Waals surface area contributed by atoms with Gasteiger partial charge in [0.15, 0.2) is 0 Å². The lowest BCUT2D eigenvalue weighted by Crippen LogP contribution is -2.19. The van der Waals surface area contributed by atoms with Crippen molar-refractivity contribution in [3.05, 3.63) is 64.5 Å². The Bertz CT molecular complexity index is 587. The molecule has 106 valence electrons. The monoisotopic (exact) mass is 273 g/mol. The lowest BCUT2D eigenvalue weighted by molar-refractivity contribution is 0.466. The largest absolute Gasteiger partial charge is 0.507 e. The van der Waals surface area contributed by atoms with E-state index < -0.39 is 0 Å². The Morgan fingerprint density at radius 2 is 1.75 bits per heavy atom. The van der Waals surface area contributed by atoms with Crippen molar-refractivity contribution in [1.29, 1.82) is 0 Å². The Labute approximate surface area is 119 Å². The summed E-state index contributed by atoms with van der Waals surface area (Å²) in [6, 6.07) is 10.6. The molecule has 0 aromatic heterocycles. The fraction of sp³-hybridized carbons (Fsp3) is 0.294. The molecule has 0 saturated heterocycles. The van der Waals surface area contributed by atoms with Gasteiger partial charge < -0.3 is 10.4 Å². The van der Waals surface area contributed by atoms with Gasteiger partial charge in [-0.15, -0.1) is 0 Å². The zero-order valence-electron chi connectivity index (χ0n) is 12.1. The number of phenolic OH excluding ortho intramolecular Hbond substituents is 1. The molecule has 2 N–H and O–H groups in total. The summed E-state index contributed by atoms with van der Waals surface area (Å²) in [6.45, 7) is 6.34. The lowest BCUT2D eigenvalue weighted by atomic mass is 10.0. The zero-order chi connectivity index (χ0) is 14.7. The van der Waals surface area contributed by atoms with Gasteiger partial charge in [0.05, 0.1) is 0 Å². The summed E-state index contributed by atoms with van der Waals surface area (Å²) in [7, 11) is 0. The average Bonchev–Trinajstić information content (AvgIpc) is 2.42. The number of aryl methyl sites for hydroxylation is 2. The van der Waals surface area contributed by atoms with Gasteiger partial charge in [0, 0.05) is 18.2 Å². The number of aromatic hydroxyl groups is 1. The van der Waals surface area contributed by atoms with Crippen molar-refractivity contribution in [2.45, 2.75) is 33.4 Å². The van der Waals surface area contributed by atoms with E-state index in [2.05, 4.69) is 5.32 Å². The highest BCUT2D eigenvalue weighted by Gasteiger charge is 2.10. The van der Waals surface area contributed by atoms with Crippen LogP contribution in [-0.2, 0) is 6.54 Å². The molecule has 0 heterocycles. The molecule has 2 nitrogen and oxygen atoms in total. The van der Waals surface area contributed by atoms with Crippen molar-refractivity contribution in [2.75, 3.05) is 0 Å². The maximum absolute atomic E-state index is 13.7. The van der Waals surface area contributed by atoms with Gasteiger partial charge in [-0.2, -0.15) is 0 Å². The van der Waals surface area contributed by atoms with Crippen LogP contribution < -0.4 is 5.32 Å². The number of phenols is 1. The molecule has 20 heavy (non-hydrogen) atoms. The maximum Gasteiger partial charge on any atom is 0.127 e. The van der Waals surface area contributed by atoms with Crippen molar-refractivity contribution < 1.29 is 9.50 Å². The Kier molecular flexibility index (Phi) is 4.40. The van der Waals surface area contributed by atoms with E-state index in [1.165, 1.54) is 6.07 Å². The van der Waals surface area contributed by atoms with Crippen LogP contribution in [0, 0.1) is 19.7 Å². The van der Waals surface area contributed by atoms with Gasteiger partial charge in [-0.3, -0.25) is 0 Å². The zero-order valence-corrected chi connectivity index (χ0v) is 12.1. The molecule has 1 atom stereocenters. The summed E-state index contributed by atoms with van der Waals surface area (Å²) in [5, 5.41) is 13.1. The predicted molar refractivity (Wildman–Crippen MR) is 79.2 cm³/mol. The van der Waals surface area contributed by atoms with Crippen LogP contribution in [0.1, 0.15) is 35.2 Å². The van der Waals surface area contributed by atoms with Crippen molar-refractivity contribution >= 4 is 0 Å². The summed E-state index contributed by atoms with van der Waals surface area (Å²) in [6.07, 6.45) is 0. The minimum Gasteiger partial charge on any atom is -0.507 e. The predicted octanol–water partition coefficient (Wildman–Crippen LogP) is 4.00. The van der Waals surface area contributed by atoms with Crippen molar-refractivity contribution in [3.63, 3.8) is 0 Å². The molecule has 0 aliphatic carbocycles. The van der Waals surface area contributed by atoms with Crippen molar-refractivity contribution in [2.24, 2.45) is 0 Å². The van der Waals surface area contributed by atoms with Crippen molar-refractivity contribution in [3.8, 4) is 5.75 Å². The number of halogens is 1. The molecule has 0 aliphatic heterocycles. The van der Waals surface area contributed by atoms with Gasteiger partial charge in [-0.05, 0) is 43.5 Å².